The van der Waals surface area contributed by atoms with Crippen LogP contribution in [0.15, 0.2) is 12.3 Å². The van der Waals surface area contributed by atoms with Crippen LogP contribution in [0.1, 0.15) is 51.0 Å². The largest absolute Gasteiger partial charge is 0.477 e. The van der Waals surface area contributed by atoms with Gasteiger partial charge >= 0.3 is 0 Å². The van der Waals surface area contributed by atoms with Crippen LogP contribution in [-0.2, 0) is 9.53 Å². The summed E-state index contributed by atoms with van der Waals surface area (Å²) in [7, 11) is 1.62. The highest BCUT2D eigenvalue weighted by Gasteiger charge is 2.39. The van der Waals surface area contributed by atoms with E-state index in [-0.39, 0.29) is 5.91 Å². The molecule has 1 aromatic heterocycles. The minimum Gasteiger partial charge on any atom is -0.477 e. The first-order valence-electron chi connectivity index (χ1n) is 8.07. The molecule has 1 saturated carbocycles. The Morgan fingerprint density at radius 3 is 2.68 bits per heavy atom. The fraction of sp³-hybridized carbons (Fsp3) is 0.647. The summed E-state index contributed by atoms with van der Waals surface area (Å²) in [6.07, 6.45) is 7.37. The number of nitrogens with one attached hydrogen (secondary N) is 1. The van der Waals surface area contributed by atoms with Crippen molar-refractivity contribution in [1.29, 1.82) is 0 Å². The highest BCUT2D eigenvalue weighted by Crippen LogP contribution is 2.32. The highest BCUT2D eigenvalue weighted by molar-refractivity contribution is 5.97. The van der Waals surface area contributed by atoms with E-state index in [1.807, 2.05) is 13.0 Å². The second kappa shape index (κ2) is 7.58. The average Bonchev–Trinajstić information content (AvgIpc) is 2.54. The summed E-state index contributed by atoms with van der Waals surface area (Å²) in [5.74, 6) is 0.553. The Morgan fingerprint density at radius 1 is 1.36 bits per heavy atom. The van der Waals surface area contributed by atoms with E-state index in [4.69, 9.17) is 9.47 Å². The Kier molecular flexibility index (Phi) is 5.77. The number of aromatic nitrogens is 1. The Bertz CT molecular complexity index is 511. The van der Waals surface area contributed by atoms with Gasteiger partial charge in [-0.25, -0.2) is 4.98 Å². The van der Waals surface area contributed by atoms with E-state index in [2.05, 4.69) is 17.2 Å². The van der Waals surface area contributed by atoms with Crippen LogP contribution in [0.4, 0.5) is 5.69 Å². The molecule has 0 unspecified atom stereocenters. The Morgan fingerprint density at radius 2 is 2.09 bits per heavy atom. The molecule has 122 valence electrons. The Hall–Kier alpha value is -1.62. The number of hydrogen-bond donors (Lipinski definition) is 1. The summed E-state index contributed by atoms with van der Waals surface area (Å²) in [4.78, 5) is 16.9. The molecule has 2 rings (SSSR count). The zero-order chi connectivity index (χ0) is 16.0. The third-order valence-corrected chi connectivity index (χ3v) is 4.20. The van der Waals surface area contributed by atoms with Crippen LogP contribution in [-0.4, -0.2) is 30.2 Å². The van der Waals surface area contributed by atoms with E-state index in [1.54, 1.807) is 13.3 Å². The molecule has 0 spiro atoms. The number of carbonyl (C=O) groups is 1. The maximum absolute atomic E-state index is 12.6. The normalized spacial score (nSPS) is 17.0. The van der Waals surface area contributed by atoms with Crippen LogP contribution in [0, 0.1) is 6.92 Å². The van der Waals surface area contributed by atoms with Gasteiger partial charge in [-0.2, -0.15) is 0 Å². The molecule has 0 bridgehead atoms. The third kappa shape index (κ3) is 3.77. The zero-order valence-corrected chi connectivity index (χ0v) is 13.8. The minimum absolute atomic E-state index is 0.0712. The zero-order valence-electron chi connectivity index (χ0n) is 13.8. The summed E-state index contributed by atoms with van der Waals surface area (Å²) in [5, 5.41) is 2.95. The highest BCUT2D eigenvalue weighted by atomic mass is 16.5. The number of nitrogens with zero attached hydrogens (tertiary/aromatic N) is 1. The topological polar surface area (TPSA) is 60.5 Å². The predicted octanol–water partition coefficient (Wildman–Crippen LogP) is 3.47. The first kappa shape index (κ1) is 16.7. The number of hydrogen-bond acceptors (Lipinski definition) is 4. The summed E-state index contributed by atoms with van der Waals surface area (Å²) in [6, 6.07) is 1.89. The number of methoxy groups -OCH3 is 1. The van der Waals surface area contributed by atoms with E-state index in [0.717, 1.165) is 37.7 Å². The third-order valence-electron chi connectivity index (χ3n) is 4.20. The van der Waals surface area contributed by atoms with Crippen LogP contribution in [0.3, 0.4) is 0 Å². The van der Waals surface area contributed by atoms with Crippen molar-refractivity contribution in [2.24, 2.45) is 0 Å². The number of rotatable bonds is 6. The van der Waals surface area contributed by atoms with Crippen molar-refractivity contribution in [3.63, 3.8) is 0 Å². The van der Waals surface area contributed by atoms with Gasteiger partial charge in [0, 0.05) is 12.7 Å². The van der Waals surface area contributed by atoms with E-state index >= 15 is 0 Å². The van der Waals surface area contributed by atoms with Crippen molar-refractivity contribution in [3.8, 4) is 5.88 Å². The van der Waals surface area contributed by atoms with Gasteiger partial charge in [0.2, 0.25) is 5.88 Å². The van der Waals surface area contributed by atoms with Crippen molar-refractivity contribution in [2.45, 2.75) is 58.0 Å². The van der Waals surface area contributed by atoms with Gasteiger partial charge in [0.25, 0.3) is 5.91 Å². The van der Waals surface area contributed by atoms with Gasteiger partial charge in [-0.3, -0.25) is 4.79 Å². The monoisotopic (exact) mass is 306 g/mol. The van der Waals surface area contributed by atoms with Crippen LogP contribution in [0.5, 0.6) is 5.88 Å². The van der Waals surface area contributed by atoms with E-state index in [9.17, 15) is 4.79 Å². The summed E-state index contributed by atoms with van der Waals surface area (Å²) in [6.45, 7) is 4.63. The molecule has 5 heteroatoms. The van der Waals surface area contributed by atoms with Gasteiger partial charge in [-0.15, -0.1) is 0 Å². The molecule has 5 nitrogen and oxygen atoms in total. The number of ether oxygens (including phenoxy) is 2. The standard InChI is InChI=1S/C17H26N2O3/c1-4-10-22-15-13(2)11-14(12-18-15)19-16(20)17(21-3)8-6-5-7-9-17/h11-12H,4-10H2,1-3H3,(H,19,20). The van der Waals surface area contributed by atoms with E-state index in [0.29, 0.717) is 18.2 Å². The van der Waals surface area contributed by atoms with Crippen LogP contribution < -0.4 is 10.1 Å². The molecular formula is C17H26N2O3. The lowest BCUT2D eigenvalue weighted by atomic mass is 9.84. The minimum atomic E-state index is -0.691. The predicted molar refractivity (Wildman–Crippen MR) is 86.2 cm³/mol. The molecule has 1 aliphatic rings. The second-order valence-electron chi connectivity index (χ2n) is 5.91. The van der Waals surface area contributed by atoms with E-state index in [1.165, 1.54) is 6.42 Å². The molecule has 1 amide bonds. The van der Waals surface area contributed by atoms with Crippen molar-refractivity contribution >= 4 is 11.6 Å². The van der Waals surface area contributed by atoms with Gasteiger partial charge in [-0.1, -0.05) is 26.2 Å². The Balaban J connectivity index is 2.06. The Labute approximate surface area is 132 Å². The molecule has 1 heterocycles. The van der Waals surface area contributed by atoms with Gasteiger partial charge in [-0.05, 0) is 32.3 Å². The summed E-state index contributed by atoms with van der Waals surface area (Å²) >= 11 is 0. The summed E-state index contributed by atoms with van der Waals surface area (Å²) < 4.78 is 11.1. The molecule has 0 atom stereocenters. The van der Waals surface area contributed by atoms with Gasteiger partial charge in [0.05, 0.1) is 18.5 Å². The molecular weight excluding hydrogens is 280 g/mol. The molecule has 1 aromatic rings. The number of anilines is 1. The number of pyridine rings is 1. The van der Waals surface area contributed by atoms with Gasteiger partial charge < -0.3 is 14.8 Å². The number of amides is 1. The van der Waals surface area contributed by atoms with Crippen molar-refractivity contribution in [2.75, 3.05) is 19.0 Å². The molecule has 22 heavy (non-hydrogen) atoms. The lowest BCUT2D eigenvalue weighted by Gasteiger charge is -2.34. The molecule has 1 N–H and O–H groups in total. The molecule has 0 radical (unpaired) electrons. The fourth-order valence-electron chi connectivity index (χ4n) is 2.87. The SMILES string of the molecule is CCCOc1ncc(NC(=O)C2(OC)CCCCC2)cc1C. The maximum Gasteiger partial charge on any atom is 0.256 e. The first-order valence-corrected chi connectivity index (χ1v) is 8.07. The molecule has 1 fully saturated rings. The average molecular weight is 306 g/mol. The molecule has 0 aliphatic heterocycles. The van der Waals surface area contributed by atoms with Crippen LogP contribution in [0.25, 0.3) is 0 Å². The van der Waals surface area contributed by atoms with Crippen LogP contribution >= 0.6 is 0 Å². The first-order chi connectivity index (χ1) is 10.6. The summed E-state index contributed by atoms with van der Waals surface area (Å²) in [5.41, 5.74) is 0.915. The van der Waals surface area contributed by atoms with Crippen molar-refractivity contribution in [3.05, 3.63) is 17.8 Å². The number of carbonyl (C=O) groups excluding carboxylic acids is 1. The van der Waals surface area contributed by atoms with Crippen molar-refractivity contribution in [1.82, 2.24) is 4.98 Å². The molecule has 1 aliphatic carbocycles. The maximum atomic E-state index is 12.6. The quantitative estimate of drug-likeness (QED) is 0.874. The second-order valence-corrected chi connectivity index (χ2v) is 5.91. The smallest absolute Gasteiger partial charge is 0.256 e. The lowest BCUT2D eigenvalue weighted by Crippen LogP contribution is -2.46. The molecule has 0 aromatic carbocycles. The lowest BCUT2D eigenvalue weighted by molar-refractivity contribution is -0.141. The molecule has 0 saturated heterocycles. The number of aryl methyl sites for hydroxylation is 1. The van der Waals surface area contributed by atoms with Crippen molar-refractivity contribution < 1.29 is 14.3 Å². The van der Waals surface area contributed by atoms with Crippen LogP contribution in [0.2, 0.25) is 0 Å². The van der Waals surface area contributed by atoms with Gasteiger partial charge in [0.15, 0.2) is 0 Å². The van der Waals surface area contributed by atoms with Gasteiger partial charge in [0.1, 0.15) is 5.60 Å². The van der Waals surface area contributed by atoms with E-state index < -0.39 is 5.60 Å². The fourth-order valence-corrected chi connectivity index (χ4v) is 2.87.